The van der Waals surface area contributed by atoms with Gasteiger partial charge in [-0.1, -0.05) is 0 Å². The van der Waals surface area contributed by atoms with Crippen LogP contribution < -0.4 is 5.59 Å². The summed E-state index contributed by atoms with van der Waals surface area (Å²) >= 11 is 0. The maximum Gasteiger partial charge on any atom is 0.518 e. The first-order valence-electron chi connectivity index (χ1n) is 7.77. The maximum atomic E-state index is 6.14. The molecule has 4 rings (SSSR count). The lowest BCUT2D eigenvalue weighted by Crippen LogP contribution is -2.41. The van der Waals surface area contributed by atoms with Crippen LogP contribution in [-0.4, -0.2) is 46.5 Å². The molecule has 3 fully saturated rings. The molecular weight excluding hydrogens is 269 g/mol. The lowest BCUT2D eigenvalue weighted by molar-refractivity contribution is -0.0348. The van der Waals surface area contributed by atoms with Crippen LogP contribution in [0.5, 0.6) is 0 Å². The Balaban J connectivity index is 1.66. The van der Waals surface area contributed by atoms with Gasteiger partial charge in [-0.15, -0.1) is 0 Å². The Morgan fingerprint density at radius 1 is 1.05 bits per heavy atom. The summed E-state index contributed by atoms with van der Waals surface area (Å²) in [4.78, 5) is 1.80. The van der Waals surface area contributed by atoms with Crippen molar-refractivity contribution in [1.82, 2.24) is 15.0 Å². The summed E-state index contributed by atoms with van der Waals surface area (Å²) in [6.07, 6.45) is 2.37. The molecule has 1 aromatic rings. The smallest absolute Gasteiger partial charge is 0.398 e. The zero-order valence-electron chi connectivity index (χ0n) is 13.1. The van der Waals surface area contributed by atoms with E-state index in [4.69, 9.17) is 19.1 Å². The molecule has 0 unspecified atom stereocenters. The lowest BCUT2D eigenvalue weighted by Gasteiger charge is -2.32. The van der Waals surface area contributed by atoms with Gasteiger partial charge < -0.3 is 14.0 Å². The van der Waals surface area contributed by atoms with E-state index < -0.39 is 7.12 Å². The second-order valence-corrected chi connectivity index (χ2v) is 7.34. The predicted octanol–water partition coefficient (Wildman–Crippen LogP) is 1.03. The highest BCUT2D eigenvalue weighted by atomic mass is 16.7. The molecule has 0 amide bonds. The normalized spacial score (nSPS) is 27.9. The van der Waals surface area contributed by atoms with Crippen LogP contribution in [0, 0.1) is 0 Å². The molecule has 0 N–H and O–H groups in total. The van der Waals surface area contributed by atoms with Crippen LogP contribution in [-0.2, 0) is 14.0 Å². The average Bonchev–Trinajstić information content (AvgIpc) is 3.02. The van der Waals surface area contributed by atoms with E-state index in [2.05, 4.69) is 32.8 Å². The summed E-state index contributed by atoms with van der Waals surface area (Å²) in [7, 11) is -0.416. The van der Waals surface area contributed by atoms with E-state index in [1.807, 2.05) is 0 Å². The molecule has 0 radical (unpaired) electrons. The zero-order chi connectivity index (χ0) is 14.8. The number of rotatable bonds is 3. The molecule has 3 aliphatic rings. The number of hydrogen-bond donors (Lipinski definition) is 0. The first-order chi connectivity index (χ1) is 9.87. The van der Waals surface area contributed by atoms with Gasteiger partial charge in [-0.3, -0.25) is 0 Å². The largest absolute Gasteiger partial charge is 0.518 e. The highest BCUT2D eigenvalue weighted by Crippen LogP contribution is 2.41. The Labute approximate surface area is 125 Å². The standard InChI is InChI=1S/C14H22BN3O3/c1-13(2)14(3,4)21-15(20-13)12-11(9-5-6-9)16-18(17-12)10-7-19-8-10/h9-10H,5-8H2,1-4H3. The molecule has 1 aromatic heterocycles. The third-order valence-electron chi connectivity index (χ3n) is 5.07. The topological polar surface area (TPSA) is 58.4 Å². The summed E-state index contributed by atoms with van der Waals surface area (Å²) in [5.74, 6) is 0.522. The minimum absolute atomic E-state index is 0.263. The summed E-state index contributed by atoms with van der Waals surface area (Å²) in [5.41, 5.74) is 1.23. The number of hydrogen-bond acceptors (Lipinski definition) is 5. The van der Waals surface area contributed by atoms with Crippen LogP contribution >= 0.6 is 0 Å². The van der Waals surface area contributed by atoms with Crippen molar-refractivity contribution in [1.29, 1.82) is 0 Å². The van der Waals surface area contributed by atoms with E-state index in [0.717, 1.165) is 11.3 Å². The molecule has 1 saturated carbocycles. The lowest BCUT2D eigenvalue weighted by atomic mass is 9.82. The fraction of sp³-hybridized carbons (Fsp3) is 0.857. The fourth-order valence-electron chi connectivity index (χ4n) is 2.64. The van der Waals surface area contributed by atoms with Crippen LogP contribution in [0.1, 0.15) is 58.2 Å². The van der Waals surface area contributed by atoms with E-state index in [1.54, 1.807) is 4.80 Å². The molecule has 0 spiro atoms. The first-order valence-corrected chi connectivity index (χ1v) is 7.77. The molecule has 2 aliphatic heterocycles. The van der Waals surface area contributed by atoms with Crippen LogP contribution in [0.25, 0.3) is 0 Å². The molecule has 6 nitrogen and oxygen atoms in total. The average molecular weight is 291 g/mol. The van der Waals surface area contributed by atoms with Crippen LogP contribution in [0.2, 0.25) is 0 Å². The van der Waals surface area contributed by atoms with Gasteiger partial charge in [0.05, 0.1) is 30.1 Å². The highest BCUT2D eigenvalue weighted by molar-refractivity contribution is 6.61. The Bertz CT molecular complexity index is 548. The minimum Gasteiger partial charge on any atom is -0.398 e. The minimum atomic E-state index is -0.416. The van der Waals surface area contributed by atoms with Crippen LogP contribution in [0.15, 0.2) is 0 Å². The third kappa shape index (κ3) is 2.13. The summed E-state index contributed by atoms with van der Waals surface area (Å²) < 4.78 is 17.5. The van der Waals surface area contributed by atoms with Crippen molar-refractivity contribution in [2.45, 2.75) is 63.7 Å². The molecule has 1 aliphatic carbocycles. The van der Waals surface area contributed by atoms with Crippen molar-refractivity contribution in [3.05, 3.63) is 5.69 Å². The van der Waals surface area contributed by atoms with E-state index in [0.29, 0.717) is 19.1 Å². The number of aromatic nitrogens is 3. The molecule has 3 heterocycles. The Kier molecular flexibility index (Phi) is 2.81. The van der Waals surface area contributed by atoms with Gasteiger partial charge in [0.25, 0.3) is 0 Å². The van der Waals surface area contributed by atoms with Crippen molar-refractivity contribution in [3.8, 4) is 0 Å². The van der Waals surface area contributed by atoms with Crippen molar-refractivity contribution in [2.75, 3.05) is 13.2 Å². The van der Waals surface area contributed by atoms with Crippen molar-refractivity contribution < 1.29 is 14.0 Å². The van der Waals surface area contributed by atoms with Crippen molar-refractivity contribution in [3.63, 3.8) is 0 Å². The molecule has 0 bridgehead atoms. The van der Waals surface area contributed by atoms with Crippen molar-refractivity contribution in [2.24, 2.45) is 0 Å². The molecule has 0 aromatic carbocycles. The van der Waals surface area contributed by atoms with Gasteiger partial charge >= 0.3 is 7.12 Å². The maximum absolute atomic E-state index is 6.14. The summed E-state index contributed by atoms with van der Waals surface area (Å²) in [5, 5.41) is 9.38. The Hall–Kier alpha value is -0.915. The molecule has 114 valence electrons. The van der Waals surface area contributed by atoms with Crippen LogP contribution in [0.3, 0.4) is 0 Å². The summed E-state index contributed by atoms with van der Waals surface area (Å²) in [6, 6.07) is 0.263. The Morgan fingerprint density at radius 2 is 1.67 bits per heavy atom. The van der Waals surface area contributed by atoms with E-state index in [-0.39, 0.29) is 17.2 Å². The van der Waals surface area contributed by atoms with Crippen LogP contribution in [0.4, 0.5) is 0 Å². The quantitative estimate of drug-likeness (QED) is 0.778. The summed E-state index contributed by atoms with van der Waals surface area (Å²) in [6.45, 7) is 9.65. The SMILES string of the molecule is CC1(C)OB(c2nn(C3COC3)nc2C2CC2)OC1(C)C. The van der Waals surface area contributed by atoms with Gasteiger partial charge in [0.1, 0.15) is 11.6 Å². The zero-order valence-corrected chi connectivity index (χ0v) is 13.1. The Morgan fingerprint density at radius 3 is 2.14 bits per heavy atom. The molecule has 0 atom stereocenters. The fourth-order valence-corrected chi connectivity index (χ4v) is 2.64. The second-order valence-electron chi connectivity index (χ2n) is 7.34. The van der Waals surface area contributed by atoms with Gasteiger partial charge in [-0.25, -0.2) is 0 Å². The van der Waals surface area contributed by atoms with E-state index in [1.165, 1.54) is 12.8 Å². The first kappa shape index (κ1) is 13.7. The molecule has 21 heavy (non-hydrogen) atoms. The monoisotopic (exact) mass is 291 g/mol. The van der Waals surface area contributed by atoms with Crippen molar-refractivity contribution >= 4 is 12.7 Å². The van der Waals surface area contributed by atoms with E-state index >= 15 is 0 Å². The number of ether oxygens (including phenoxy) is 1. The van der Waals surface area contributed by atoms with Gasteiger partial charge in [-0.05, 0) is 40.5 Å². The molecule has 7 heteroatoms. The number of nitrogens with zero attached hydrogens (tertiary/aromatic N) is 3. The van der Waals surface area contributed by atoms with Gasteiger partial charge in [0.15, 0.2) is 0 Å². The molecular formula is C14H22BN3O3. The predicted molar refractivity (Wildman–Crippen MR) is 77.6 cm³/mol. The third-order valence-corrected chi connectivity index (χ3v) is 5.07. The highest BCUT2D eigenvalue weighted by Gasteiger charge is 2.54. The molecule has 2 saturated heterocycles. The van der Waals surface area contributed by atoms with Gasteiger partial charge in [-0.2, -0.15) is 15.0 Å². The van der Waals surface area contributed by atoms with E-state index in [9.17, 15) is 0 Å². The second kappa shape index (κ2) is 4.30. The van der Waals surface area contributed by atoms with Gasteiger partial charge in [0.2, 0.25) is 0 Å². The van der Waals surface area contributed by atoms with Gasteiger partial charge in [0, 0.05) is 5.92 Å².